The van der Waals surface area contributed by atoms with Gasteiger partial charge in [-0.3, -0.25) is 4.79 Å². The van der Waals surface area contributed by atoms with E-state index in [1.807, 2.05) is 45.2 Å². The molecule has 0 spiro atoms. The SMILES string of the molecule is COc1cc(CNC(C(N)=O)C(C)(C)C)ccc1SC. The zero-order valence-electron chi connectivity index (χ0n) is 12.8. The predicted octanol–water partition coefficient (Wildman–Crippen LogP) is 2.41. The van der Waals surface area contributed by atoms with Gasteiger partial charge >= 0.3 is 0 Å². The zero-order valence-corrected chi connectivity index (χ0v) is 13.6. The monoisotopic (exact) mass is 296 g/mol. The van der Waals surface area contributed by atoms with Gasteiger partial charge in [0.1, 0.15) is 5.75 Å². The third-order valence-electron chi connectivity index (χ3n) is 3.11. The predicted molar refractivity (Wildman–Crippen MR) is 84.1 cm³/mol. The Labute approximate surface area is 125 Å². The lowest BCUT2D eigenvalue weighted by atomic mass is 9.86. The summed E-state index contributed by atoms with van der Waals surface area (Å²) in [5, 5.41) is 3.23. The van der Waals surface area contributed by atoms with E-state index in [1.165, 1.54) is 0 Å². The number of carbonyl (C=O) groups is 1. The molecule has 0 aliphatic rings. The average Bonchev–Trinajstić information content (AvgIpc) is 2.36. The van der Waals surface area contributed by atoms with Gasteiger partial charge in [0.2, 0.25) is 5.91 Å². The van der Waals surface area contributed by atoms with Crippen LogP contribution in [0.3, 0.4) is 0 Å². The van der Waals surface area contributed by atoms with Crippen LogP contribution in [-0.4, -0.2) is 25.3 Å². The summed E-state index contributed by atoms with van der Waals surface area (Å²) in [6.45, 7) is 6.56. The smallest absolute Gasteiger partial charge is 0.235 e. The van der Waals surface area contributed by atoms with Crippen LogP contribution < -0.4 is 15.8 Å². The average molecular weight is 296 g/mol. The van der Waals surface area contributed by atoms with Gasteiger partial charge in [-0.1, -0.05) is 26.8 Å². The first-order valence-electron chi connectivity index (χ1n) is 6.53. The molecule has 0 aliphatic carbocycles. The lowest BCUT2D eigenvalue weighted by molar-refractivity contribution is -0.122. The van der Waals surface area contributed by atoms with Crippen molar-refractivity contribution in [2.24, 2.45) is 11.1 Å². The fourth-order valence-electron chi connectivity index (χ4n) is 2.04. The molecule has 20 heavy (non-hydrogen) atoms. The molecule has 1 atom stereocenters. The Balaban J connectivity index is 2.81. The summed E-state index contributed by atoms with van der Waals surface area (Å²) in [5.41, 5.74) is 6.31. The number of methoxy groups -OCH3 is 1. The van der Waals surface area contributed by atoms with Crippen LogP contribution in [0.25, 0.3) is 0 Å². The zero-order chi connectivity index (χ0) is 15.3. The highest BCUT2D eigenvalue weighted by Crippen LogP contribution is 2.28. The van der Waals surface area contributed by atoms with Crippen LogP contribution in [-0.2, 0) is 11.3 Å². The number of ether oxygens (including phenoxy) is 1. The molecule has 1 aromatic rings. The molecule has 0 aliphatic heterocycles. The Hall–Kier alpha value is -1.20. The number of rotatable bonds is 6. The fourth-order valence-corrected chi connectivity index (χ4v) is 2.59. The van der Waals surface area contributed by atoms with E-state index in [9.17, 15) is 4.79 Å². The fraction of sp³-hybridized carbons (Fsp3) is 0.533. The quantitative estimate of drug-likeness (QED) is 0.791. The number of primary amides is 1. The van der Waals surface area contributed by atoms with Gasteiger partial charge < -0.3 is 15.8 Å². The van der Waals surface area contributed by atoms with Crippen molar-refractivity contribution >= 4 is 17.7 Å². The number of hydrogen-bond donors (Lipinski definition) is 2. The largest absolute Gasteiger partial charge is 0.496 e. The molecule has 3 N–H and O–H groups in total. The van der Waals surface area contributed by atoms with Crippen molar-refractivity contribution in [2.45, 2.75) is 38.3 Å². The number of thioether (sulfide) groups is 1. The van der Waals surface area contributed by atoms with E-state index in [2.05, 4.69) is 5.32 Å². The summed E-state index contributed by atoms with van der Waals surface area (Å²) in [7, 11) is 1.66. The first kappa shape index (κ1) is 16.9. The second kappa shape index (κ2) is 6.99. The van der Waals surface area contributed by atoms with Gasteiger partial charge in [0.25, 0.3) is 0 Å². The summed E-state index contributed by atoms with van der Waals surface area (Å²) in [5.74, 6) is 0.522. The van der Waals surface area contributed by atoms with Crippen LogP contribution in [0, 0.1) is 5.41 Å². The minimum absolute atomic E-state index is 0.213. The van der Waals surface area contributed by atoms with Gasteiger partial charge in [0, 0.05) is 11.4 Å². The Morgan fingerprint density at radius 3 is 2.55 bits per heavy atom. The topological polar surface area (TPSA) is 64.3 Å². The van der Waals surface area contributed by atoms with Crippen molar-refractivity contribution in [3.05, 3.63) is 23.8 Å². The highest BCUT2D eigenvalue weighted by Gasteiger charge is 2.28. The van der Waals surface area contributed by atoms with Gasteiger partial charge in [0.05, 0.1) is 13.2 Å². The molecule has 0 fully saturated rings. The Morgan fingerprint density at radius 1 is 1.45 bits per heavy atom. The molecule has 1 amide bonds. The maximum absolute atomic E-state index is 11.5. The van der Waals surface area contributed by atoms with Crippen molar-refractivity contribution in [3.8, 4) is 5.75 Å². The van der Waals surface area contributed by atoms with Gasteiger partial charge in [-0.25, -0.2) is 0 Å². The molecule has 0 aromatic heterocycles. The van der Waals surface area contributed by atoms with Crippen LogP contribution in [0.2, 0.25) is 0 Å². The maximum Gasteiger partial charge on any atom is 0.235 e. The highest BCUT2D eigenvalue weighted by molar-refractivity contribution is 7.98. The molecule has 1 rings (SSSR count). The molecule has 112 valence electrons. The van der Waals surface area contributed by atoms with Gasteiger partial charge in [-0.05, 0) is 29.4 Å². The molecule has 0 saturated carbocycles. The van der Waals surface area contributed by atoms with E-state index in [1.54, 1.807) is 18.9 Å². The van der Waals surface area contributed by atoms with E-state index >= 15 is 0 Å². The molecule has 0 bridgehead atoms. The van der Waals surface area contributed by atoms with Crippen LogP contribution in [0.5, 0.6) is 5.75 Å². The normalized spacial score (nSPS) is 13.1. The second-order valence-electron chi connectivity index (χ2n) is 5.77. The van der Waals surface area contributed by atoms with E-state index in [0.717, 1.165) is 16.2 Å². The summed E-state index contributed by atoms with van der Waals surface area (Å²) >= 11 is 1.64. The van der Waals surface area contributed by atoms with Crippen LogP contribution in [0.4, 0.5) is 0 Å². The molecule has 1 aromatic carbocycles. The van der Waals surface area contributed by atoms with E-state index in [4.69, 9.17) is 10.5 Å². The van der Waals surface area contributed by atoms with E-state index in [-0.39, 0.29) is 17.4 Å². The van der Waals surface area contributed by atoms with Crippen LogP contribution in [0.15, 0.2) is 23.1 Å². The van der Waals surface area contributed by atoms with Crippen LogP contribution in [0.1, 0.15) is 26.3 Å². The third-order valence-corrected chi connectivity index (χ3v) is 3.89. The maximum atomic E-state index is 11.5. The minimum atomic E-state index is -0.367. The van der Waals surface area contributed by atoms with E-state index in [0.29, 0.717) is 6.54 Å². The molecular weight excluding hydrogens is 272 g/mol. The van der Waals surface area contributed by atoms with Crippen molar-refractivity contribution in [1.82, 2.24) is 5.32 Å². The summed E-state index contributed by atoms with van der Waals surface area (Å²) in [6.07, 6.45) is 2.01. The van der Waals surface area contributed by atoms with Crippen LogP contribution >= 0.6 is 11.8 Å². The Bertz CT molecular complexity index is 469. The number of benzene rings is 1. The van der Waals surface area contributed by atoms with E-state index < -0.39 is 0 Å². The van der Waals surface area contributed by atoms with Crippen molar-refractivity contribution in [2.75, 3.05) is 13.4 Å². The lowest BCUT2D eigenvalue weighted by Gasteiger charge is -2.29. The van der Waals surface area contributed by atoms with Gasteiger partial charge in [-0.15, -0.1) is 11.8 Å². The first-order chi connectivity index (χ1) is 9.29. The summed E-state index contributed by atoms with van der Waals surface area (Å²) < 4.78 is 5.36. The first-order valence-corrected chi connectivity index (χ1v) is 7.75. The molecule has 0 radical (unpaired) electrons. The third kappa shape index (κ3) is 4.42. The molecular formula is C15H24N2O2S. The molecule has 0 heterocycles. The number of nitrogens with one attached hydrogen (secondary N) is 1. The molecule has 0 saturated heterocycles. The molecule has 1 unspecified atom stereocenters. The van der Waals surface area contributed by atoms with Crippen molar-refractivity contribution in [3.63, 3.8) is 0 Å². The second-order valence-corrected chi connectivity index (χ2v) is 6.62. The minimum Gasteiger partial charge on any atom is -0.496 e. The number of hydrogen-bond acceptors (Lipinski definition) is 4. The van der Waals surface area contributed by atoms with Crippen molar-refractivity contribution < 1.29 is 9.53 Å². The van der Waals surface area contributed by atoms with Gasteiger partial charge in [-0.2, -0.15) is 0 Å². The lowest BCUT2D eigenvalue weighted by Crippen LogP contribution is -2.49. The Morgan fingerprint density at radius 2 is 2.10 bits per heavy atom. The molecule has 5 heteroatoms. The van der Waals surface area contributed by atoms with Gasteiger partial charge in [0.15, 0.2) is 0 Å². The Kier molecular flexibility index (Phi) is 5.89. The number of carbonyl (C=O) groups excluding carboxylic acids is 1. The summed E-state index contributed by atoms with van der Waals surface area (Å²) in [4.78, 5) is 12.6. The standard InChI is InChI=1S/C15H24N2O2S/c1-15(2,3)13(14(16)18)17-9-10-6-7-12(20-5)11(8-10)19-4/h6-8,13,17H,9H2,1-5H3,(H2,16,18). The summed E-state index contributed by atoms with van der Waals surface area (Å²) in [6, 6.07) is 5.67. The molecule has 4 nitrogen and oxygen atoms in total. The van der Waals surface area contributed by atoms with Crippen molar-refractivity contribution in [1.29, 1.82) is 0 Å². The highest BCUT2D eigenvalue weighted by atomic mass is 32.2. The number of nitrogens with two attached hydrogens (primary N) is 1. The number of amides is 1.